The summed E-state index contributed by atoms with van der Waals surface area (Å²) in [7, 11) is 0. The topological polar surface area (TPSA) is 88.1 Å². The third-order valence-electron chi connectivity index (χ3n) is 3.36. The molecule has 1 unspecified atom stereocenters. The predicted octanol–water partition coefficient (Wildman–Crippen LogP) is 1.02. The first kappa shape index (κ1) is 13.7. The Hall–Kier alpha value is -1.71. The van der Waals surface area contributed by atoms with Crippen molar-refractivity contribution in [2.24, 2.45) is 0 Å². The van der Waals surface area contributed by atoms with Crippen molar-refractivity contribution in [2.75, 3.05) is 25.4 Å². The third kappa shape index (κ3) is 2.83. The van der Waals surface area contributed by atoms with Gasteiger partial charge in [0, 0.05) is 19.1 Å². The van der Waals surface area contributed by atoms with Crippen LogP contribution in [0.15, 0.2) is 0 Å². The summed E-state index contributed by atoms with van der Waals surface area (Å²) in [5.74, 6) is 0.801. The van der Waals surface area contributed by atoms with Crippen LogP contribution in [0.2, 0.25) is 0 Å². The smallest absolute Gasteiger partial charge is 0.161 e. The number of nitrogens with zero attached hydrogens (tertiary/aromatic N) is 4. The van der Waals surface area contributed by atoms with Gasteiger partial charge >= 0.3 is 0 Å². The zero-order chi connectivity index (χ0) is 14.0. The molecule has 0 saturated carbocycles. The lowest BCUT2D eigenvalue weighted by molar-refractivity contribution is -0.0442. The summed E-state index contributed by atoms with van der Waals surface area (Å²) in [5, 5.41) is 8.97. The van der Waals surface area contributed by atoms with E-state index in [1.165, 1.54) is 0 Å². The highest BCUT2D eigenvalue weighted by atomic mass is 16.5. The van der Waals surface area contributed by atoms with E-state index in [4.69, 9.17) is 15.7 Å². The van der Waals surface area contributed by atoms with E-state index in [1.54, 1.807) is 6.92 Å². The third-order valence-corrected chi connectivity index (χ3v) is 3.36. The summed E-state index contributed by atoms with van der Waals surface area (Å²) in [4.78, 5) is 10.9. The number of hydrogen-bond acceptors (Lipinski definition) is 6. The Morgan fingerprint density at radius 1 is 1.47 bits per heavy atom. The quantitative estimate of drug-likeness (QED) is 0.855. The van der Waals surface area contributed by atoms with Gasteiger partial charge in [-0.25, -0.2) is 9.97 Å². The summed E-state index contributed by atoms with van der Waals surface area (Å²) < 4.78 is 5.72. The van der Waals surface area contributed by atoms with Crippen molar-refractivity contribution in [1.82, 2.24) is 14.9 Å². The van der Waals surface area contributed by atoms with Crippen LogP contribution in [-0.4, -0.2) is 40.6 Å². The van der Waals surface area contributed by atoms with Gasteiger partial charge in [0.05, 0.1) is 12.3 Å². The molecule has 2 heterocycles. The van der Waals surface area contributed by atoms with Crippen LogP contribution in [0, 0.1) is 18.3 Å². The number of hydrogen-bond donors (Lipinski definition) is 1. The van der Waals surface area contributed by atoms with Crippen LogP contribution in [0.5, 0.6) is 0 Å². The Morgan fingerprint density at radius 3 is 2.79 bits per heavy atom. The minimum absolute atomic E-state index is 0.176. The average molecular weight is 261 g/mol. The van der Waals surface area contributed by atoms with Crippen molar-refractivity contribution in [3.63, 3.8) is 0 Å². The molecule has 19 heavy (non-hydrogen) atoms. The molecule has 6 heteroatoms. The average Bonchev–Trinajstić information content (AvgIpc) is 2.38. The monoisotopic (exact) mass is 261 g/mol. The Bertz CT molecular complexity index is 485. The second-order valence-corrected chi connectivity index (χ2v) is 4.99. The molecule has 0 bridgehead atoms. The number of nitrogens with two attached hydrogens (primary N) is 1. The molecule has 0 spiro atoms. The highest BCUT2D eigenvalue weighted by Gasteiger charge is 2.26. The van der Waals surface area contributed by atoms with E-state index in [0.717, 1.165) is 13.1 Å². The molecule has 0 radical (unpaired) electrons. The number of nitrogen functional groups attached to an aromatic ring is 1. The van der Waals surface area contributed by atoms with E-state index in [9.17, 15) is 0 Å². The van der Waals surface area contributed by atoms with Gasteiger partial charge in [0.2, 0.25) is 0 Å². The molecule has 1 aromatic rings. The van der Waals surface area contributed by atoms with Crippen molar-refractivity contribution in [1.29, 1.82) is 5.26 Å². The number of aromatic nitrogens is 2. The van der Waals surface area contributed by atoms with Crippen LogP contribution >= 0.6 is 0 Å². The highest BCUT2D eigenvalue weighted by molar-refractivity contribution is 5.50. The van der Waals surface area contributed by atoms with Crippen molar-refractivity contribution in [2.45, 2.75) is 32.9 Å². The Labute approximate surface area is 113 Å². The van der Waals surface area contributed by atoms with Crippen LogP contribution in [0.4, 0.5) is 5.82 Å². The molecule has 0 aromatic carbocycles. The van der Waals surface area contributed by atoms with E-state index in [1.807, 2.05) is 6.07 Å². The SMILES string of the molecule is Cc1nc(C2CN(C(C)C)CCO2)nc(N)c1C#N. The van der Waals surface area contributed by atoms with Crippen molar-refractivity contribution in [3.05, 3.63) is 17.1 Å². The molecular weight excluding hydrogens is 242 g/mol. The van der Waals surface area contributed by atoms with Crippen LogP contribution in [0.25, 0.3) is 0 Å². The fourth-order valence-corrected chi connectivity index (χ4v) is 2.19. The fraction of sp³-hybridized carbons (Fsp3) is 0.615. The number of rotatable bonds is 2. The maximum absolute atomic E-state index is 8.97. The molecule has 1 aromatic heterocycles. The van der Waals surface area contributed by atoms with Crippen LogP contribution in [-0.2, 0) is 4.74 Å². The van der Waals surface area contributed by atoms with Gasteiger partial charge < -0.3 is 10.5 Å². The standard InChI is InChI=1S/C13H19N5O/c1-8(2)18-4-5-19-11(7-18)13-16-9(3)10(6-14)12(15)17-13/h8,11H,4-5,7H2,1-3H3,(H2,15,16,17). The van der Waals surface area contributed by atoms with E-state index in [2.05, 4.69) is 28.7 Å². The number of morpholine rings is 1. The minimum atomic E-state index is -0.176. The van der Waals surface area contributed by atoms with E-state index in [0.29, 0.717) is 29.7 Å². The zero-order valence-electron chi connectivity index (χ0n) is 11.6. The number of anilines is 1. The minimum Gasteiger partial charge on any atom is -0.382 e. The molecule has 0 aliphatic carbocycles. The maximum atomic E-state index is 8.97. The predicted molar refractivity (Wildman–Crippen MR) is 71.3 cm³/mol. The molecule has 2 rings (SSSR count). The molecular formula is C13H19N5O. The molecule has 1 saturated heterocycles. The van der Waals surface area contributed by atoms with Gasteiger partial charge in [-0.05, 0) is 20.8 Å². The Morgan fingerprint density at radius 2 is 2.21 bits per heavy atom. The van der Waals surface area contributed by atoms with Gasteiger partial charge in [-0.15, -0.1) is 0 Å². The molecule has 6 nitrogen and oxygen atoms in total. The largest absolute Gasteiger partial charge is 0.382 e. The fourth-order valence-electron chi connectivity index (χ4n) is 2.19. The summed E-state index contributed by atoms with van der Waals surface area (Å²) >= 11 is 0. The number of nitriles is 1. The van der Waals surface area contributed by atoms with Gasteiger partial charge in [-0.1, -0.05) is 0 Å². The molecule has 102 valence electrons. The first-order chi connectivity index (χ1) is 9.02. The second kappa shape index (κ2) is 5.51. The van der Waals surface area contributed by atoms with E-state index >= 15 is 0 Å². The first-order valence-electron chi connectivity index (χ1n) is 6.42. The summed E-state index contributed by atoms with van der Waals surface area (Å²) in [6.45, 7) is 8.40. The Balaban J connectivity index is 2.25. The van der Waals surface area contributed by atoms with Gasteiger partial charge in [0.1, 0.15) is 23.6 Å². The van der Waals surface area contributed by atoms with Crippen molar-refractivity contribution < 1.29 is 4.74 Å². The number of aryl methyl sites for hydroxylation is 1. The molecule has 1 aliphatic heterocycles. The molecule has 1 fully saturated rings. The van der Waals surface area contributed by atoms with E-state index in [-0.39, 0.29) is 11.9 Å². The maximum Gasteiger partial charge on any atom is 0.161 e. The van der Waals surface area contributed by atoms with Crippen LogP contribution in [0.1, 0.15) is 37.0 Å². The lowest BCUT2D eigenvalue weighted by atomic mass is 10.2. The molecule has 1 atom stereocenters. The zero-order valence-corrected chi connectivity index (χ0v) is 11.6. The van der Waals surface area contributed by atoms with Gasteiger partial charge in [0.15, 0.2) is 5.82 Å². The van der Waals surface area contributed by atoms with Crippen molar-refractivity contribution in [3.8, 4) is 6.07 Å². The van der Waals surface area contributed by atoms with Crippen molar-refractivity contribution >= 4 is 5.82 Å². The van der Waals surface area contributed by atoms with E-state index < -0.39 is 0 Å². The van der Waals surface area contributed by atoms with Crippen LogP contribution < -0.4 is 5.73 Å². The second-order valence-electron chi connectivity index (χ2n) is 4.99. The normalized spacial score (nSPS) is 20.5. The Kier molecular flexibility index (Phi) is 3.98. The summed E-state index contributed by atoms with van der Waals surface area (Å²) in [5.41, 5.74) is 6.75. The number of ether oxygens (including phenoxy) is 1. The summed E-state index contributed by atoms with van der Waals surface area (Å²) in [6, 6.07) is 2.48. The summed E-state index contributed by atoms with van der Waals surface area (Å²) in [6.07, 6.45) is -0.176. The molecule has 0 amide bonds. The molecule has 2 N–H and O–H groups in total. The highest BCUT2D eigenvalue weighted by Crippen LogP contribution is 2.23. The van der Waals surface area contributed by atoms with Gasteiger partial charge in [-0.3, -0.25) is 4.90 Å². The lowest BCUT2D eigenvalue weighted by Crippen LogP contribution is -2.42. The first-order valence-corrected chi connectivity index (χ1v) is 6.42. The lowest BCUT2D eigenvalue weighted by Gasteiger charge is -2.34. The van der Waals surface area contributed by atoms with Gasteiger partial charge in [0.25, 0.3) is 0 Å². The van der Waals surface area contributed by atoms with Crippen LogP contribution in [0.3, 0.4) is 0 Å². The molecule has 1 aliphatic rings. The van der Waals surface area contributed by atoms with Gasteiger partial charge in [-0.2, -0.15) is 5.26 Å².